The summed E-state index contributed by atoms with van der Waals surface area (Å²) in [4.78, 5) is 15.4. The molecule has 29 heavy (non-hydrogen) atoms. The van der Waals surface area contributed by atoms with E-state index < -0.39 is 13.9 Å². The second-order valence-electron chi connectivity index (χ2n) is 8.61. The molecule has 0 radical (unpaired) electrons. The summed E-state index contributed by atoms with van der Waals surface area (Å²) in [7, 11) is -2.72. The first-order valence-corrected chi connectivity index (χ1v) is 12.2. The number of carbonyl (C=O) groups excluding carboxylic acids is 1. The zero-order valence-corrected chi connectivity index (χ0v) is 19.5. The zero-order chi connectivity index (χ0) is 21.5. The van der Waals surface area contributed by atoms with Gasteiger partial charge in [0.25, 0.3) is 8.32 Å². The first kappa shape index (κ1) is 23.0. The molecule has 0 heterocycles. The normalized spacial score (nSPS) is 15.5. The van der Waals surface area contributed by atoms with Crippen LogP contribution in [0.2, 0.25) is 5.04 Å². The summed E-state index contributed by atoms with van der Waals surface area (Å²) in [5.41, 5.74) is -0.766. The maximum Gasteiger partial charge on any atom is 0.261 e. The molecule has 0 unspecified atom stereocenters. The summed E-state index contributed by atoms with van der Waals surface area (Å²) in [6, 6.07) is 21.1. The number of hydrogen-bond acceptors (Lipinski definition) is 3. The molecule has 2 aromatic rings. The Bertz CT molecular complexity index is 812. The Morgan fingerprint density at radius 1 is 1.00 bits per heavy atom. The van der Waals surface area contributed by atoms with Gasteiger partial charge in [0.15, 0.2) is 0 Å². The van der Waals surface area contributed by atoms with Crippen molar-refractivity contribution in [2.24, 2.45) is 4.99 Å². The number of isocyanates is 1. The molecular formula is C25H33NO2Si. The fraction of sp³-hybridized carbons (Fsp3) is 0.400. The third-order valence-electron chi connectivity index (χ3n) is 5.55. The largest absolute Gasteiger partial charge is 0.402 e. The van der Waals surface area contributed by atoms with Gasteiger partial charge < -0.3 is 4.43 Å². The number of aliphatic imine (C=N–C) groups is 1. The fourth-order valence-corrected chi connectivity index (χ4v) is 9.02. The van der Waals surface area contributed by atoms with Crippen LogP contribution in [-0.4, -0.2) is 26.0 Å². The highest BCUT2D eigenvalue weighted by molar-refractivity contribution is 6.99. The smallest absolute Gasteiger partial charge is 0.261 e. The average molecular weight is 408 g/mol. The Kier molecular flexibility index (Phi) is 7.53. The van der Waals surface area contributed by atoms with Crippen LogP contribution in [0.3, 0.4) is 0 Å². The number of nitrogens with zero attached hydrogens (tertiary/aromatic N) is 1. The van der Waals surface area contributed by atoms with E-state index in [-0.39, 0.29) is 11.1 Å². The molecule has 4 heteroatoms. The number of benzene rings is 2. The van der Waals surface area contributed by atoms with Gasteiger partial charge in [-0.3, -0.25) is 0 Å². The third-order valence-corrected chi connectivity index (χ3v) is 10.6. The minimum absolute atomic E-state index is 0.134. The SMILES string of the molecule is C/C=C/[C@](C)(N=C=O)[C@@H](CC)O[Si](c1ccccc1)(c1ccccc1)C(C)(C)C. The number of allylic oxidation sites excluding steroid dienone is 1. The van der Waals surface area contributed by atoms with Crippen LogP contribution < -0.4 is 10.4 Å². The van der Waals surface area contributed by atoms with E-state index in [0.29, 0.717) is 0 Å². The topological polar surface area (TPSA) is 38.7 Å². The van der Waals surface area contributed by atoms with E-state index in [2.05, 4.69) is 81.2 Å². The maximum absolute atomic E-state index is 11.2. The molecule has 0 fully saturated rings. The number of hydrogen-bond donors (Lipinski definition) is 0. The monoisotopic (exact) mass is 407 g/mol. The van der Waals surface area contributed by atoms with Gasteiger partial charge in [-0.2, -0.15) is 4.99 Å². The molecule has 2 aromatic carbocycles. The third kappa shape index (κ3) is 4.67. The van der Waals surface area contributed by atoms with Crippen LogP contribution in [-0.2, 0) is 9.22 Å². The van der Waals surface area contributed by atoms with Crippen molar-refractivity contribution in [2.45, 2.75) is 64.6 Å². The predicted octanol–water partition coefficient (Wildman–Crippen LogP) is 5.01. The molecule has 0 bridgehead atoms. The Morgan fingerprint density at radius 2 is 1.48 bits per heavy atom. The second-order valence-corrected chi connectivity index (χ2v) is 12.9. The van der Waals surface area contributed by atoms with Gasteiger partial charge in [0.1, 0.15) is 5.54 Å². The van der Waals surface area contributed by atoms with Gasteiger partial charge in [0, 0.05) is 0 Å². The van der Waals surface area contributed by atoms with E-state index in [0.717, 1.165) is 6.42 Å². The second kappa shape index (κ2) is 9.49. The number of rotatable bonds is 8. The van der Waals surface area contributed by atoms with Crippen molar-refractivity contribution in [3.63, 3.8) is 0 Å². The molecule has 0 N–H and O–H groups in total. The van der Waals surface area contributed by atoms with Crippen LogP contribution >= 0.6 is 0 Å². The van der Waals surface area contributed by atoms with Gasteiger partial charge in [-0.05, 0) is 35.7 Å². The van der Waals surface area contributed by atoms with Crippen molar-refractivity contribution in [2.75, 3.05) is 0 Å². The molecule has 0 aliphatic rings. The molecular weight excluding hydrogens is 374 g/mol. The lowest BCUT2D eigenvalue weighted by molar-refractivity contribution is 0.129. The van der Waals surface area contributed by atoms with Crippen LogP contribution in [0, 0.1) is 0 Å². The van der Waals surface area contributed by atoms with E-state index in [1.54, 1.807) is 6.08 Å². The molecule has 0 aliphatic carbocycles. The van der Waals surface area contributed by atoms with Crippen LogP contribution in [0.25, 0.3) is 0 Å². The fourth-order valence-electron chi connectivity index (χ4n) is 4.17. The molecule has 3 nitrogen and oxygen atoms in total. The molecule has 0 saturated heterocycles. The summed E-state index contributed by atoms with van der Waals surface area (Å²) in [6.45, 7) is 12.7. The lowest BCUT2D eigenvalue weighted by Crippen LogP contribution is -2.69. The van der Waals surface area contributed by atoms with Crippen molar-refractivity contribution in [3.8, 4) is 0 Å². The van der Waals surface area contributed by atoms with Crippen LogP contribution in [0.4, 0.5) is 0 Å². The highest BCUT2D eigenvalue weighted by atomic mass is 28.4. The van der Waals surface area contributed by atoms with Gasteiger partial charge in [0.2, 0.25) is 6.08 Å². The van der Waals surface area contributed by atoms with E-state index in [1.807, 2.05) is 38.1 Å². The molecule has 0 spiro atoms. The van der Waals surface area contributed by atoms with Gasteiger partial charge in [-0.25, -0.2) is 4.79 Å². The lowest BCUT2D eigenvalue weighted by atomic mass is 9.93. The van der Waals surface area contributed by atoms with E-state index in [1.165, 1.54) is 10.4 Å². The Labute approximate surface area is 176 Å². The molecule has 0 aromatic heterocycles. The standard InChI is InChI=1S/C25H33NO2Si/c1-7-19-25(6,26-20-27)23(8-2)28-29(24(3,4)5,21-15-11-9-12-16-21)22-17-13-10-14-18-22/h7,9-19,23H,8H2,1-6H3/b19-7+/t23-,25+/m1/s1. The quantitative estimate of drug-likeness (QED) is 0.267. The minimum atomic E-state index is -2.72. The van der Waals surface area contributed by atoms with Gasteiger partial charge in [-0.15, -0.1) is 0 Å². The van der Waals surface area contributed by atoms with Gasteiger partial charge in [-0.1, -0.05) is 101 Å². The van der Waals surface area contributed by atoms with Gasteiger partial charge >= 0.3 is 0 Å². The van der Waals surface area contributed by atoms with E-state index in [9.17, 15) is 4.79 Å². The molecule has 0 aliphatic heterocycles. The van der Waals surface area contributed by atoms with E-state index >= 15 is 0 Å². The summed E-state index contributed by atoms with van der Waals surface area (Å²) < 4.78 is 7.21. The maximum atomic E-state index is 11.2. The molecule has 0 amide bonds. The predicted molar refractivity (Wildman–Crippen MR) is 124 cm³/mol. The molecule has 154 valence electrons. The minimum Gasteiger partial charge on any atom is -0.402 e. The molecule has 2 atom stereocenters. The van der Waals surface area contributed by atoms with Crippen molar-refractivity contribution in [3.05, 3.63) is 72.8 Å². The summed E-state index contributed by atoms with van der Waals surface area (Å²) in [5.74, 6) is 0. The zero-order valence-electron chi connectivity index (χ0n) is 18.5. The van der Waals surface area contributed by atoms with Crippen molar-refractivity contribution in [1.29, 1.82) is 0 Å². The van der Waals surface area contributed by atoms with Crippen molar-refractivity contribution >= 4 is 24.8 Å². The first-order chi connectivity index (χ1) is 13.7. The van der Waals surface area contributed by atoms with Crippen LogP contribution in [0.5, 0.6) is 0 Å². The summed E-state index contributed by atoms with van der Waals surface area (Å²) >= 11 is 0. The Balaban J connectivity index is 2.78. The van der Waals surface area contributed by atoms with Gasteiger partial charge in [0.05, 0.1) is 6.10 Å². The molecule has 0 saturated carbocycles. The van der Waals surface area contributed by atoms with Crippen LogP contribution in [0.15, 0.2) is 77.8 Å². The van der Waals surface area contributed by atoms with Crippen molar-refractivity contribution < 1.29 is 9.22 Å². The Morgan fingerprint density at radius 3 is 1.83 bits per heavy atom. The first-order valence-electron chi connectivity index (χ1n) is 10.3. The summed E-state index contributed by atoms with van der Waals surface area (Å²) in [6.07, 6.45) is 6.12. The Hall–Kier alpha value is -2.26. The molecule has 2 rings (SSSR count). The van der Waals surface area contributed by atoms with Crippen molar-refractivity contribution in [1.82, 2.24) is 0 Å². The average Bonchev–Trinajstić information content (AvgIpc) is 2.69. The van der Waals surface area contributed by atoms with E-state index in [4.69, 9.17) is 4.43 Å². The van der Waals surface area contributed by atoms with Crippen LogP contribution in [0.1, 0.15) is 48.0 Å². The highest BCUT2D eigenvalue weighted by Crippen LogP contribution is 2.39. The summed E-state index contributed by atoms with van der Waals surface area (Å²) in [5, 5.41) is 2.30. The highest BCUT2D eigenvalue weighted by Gasteiger charge is 2.53. The lowest BCUT2D eigenvalue weighted by Gasteiger charge is -2.47.